The number of thiophene rings is 1. The van der Waals surface area contributed by atoms with Gasteiger partial charge in [0.1, 0.15) is 6.04 Å². The Balaban J connectivity index is 1.47. The summed E-state index contributed by atoms with van der Waals surface area (Å²) in [5, 5.41) is 11.9. The van der Waals surface area contributed by atoms with Crippen LogP contribution in [0, 0.1) is 0 Å². The first kappa shape index (κ1) is 14.5. The number of hydrogen-bond donors (Lipinski definition) is 1. The molecular weight excluding hydrogens is 292 g/mol. The van der Waals surface area contributed by atoms with Gasteiger partial charge in [0.05, 0.1) is 25.9 Å². The molecule has 2 aliphatic rings. The van der Waals surface area contributed by atoms with Gasteiger partial charge in [-0.05, 0) is 24.3 Å². The lowest BCUT2D eigenvalue weighted by molar-refractivity contribution is -0.129. The Morgan fingerprint density at radius 2 is 2.33 bits per heavy atom. The van der Waals surface area contributed by atoms with Crippen LogP contribution in [0.25, 0.3) is 0 Å². The van der Waals surface area contributed by atoms with Gasteiger partial charge >= 0.3 is 6.03 Å². The Hall–Kier alpha value is -1.44. The third-order valence-electron chi connectivity index (χ3n) is 3.81. The van der Waals surface area contributed by atoms with Gasteiger partial charge in [-0.25, -0.2) is 4.79 Å². The molecule has 2 saturated heterocycles. The van der Waals surface area contributed by atoms with Crippen molar-refractivity contribution in [2.75, 3.05) is 19.7 Å². The zero-order valence-electron chi connectivity index (χ0n) is 11.6. The van der Waals surface area contributed by atoms with E-state index < -0.39 is 6.10 Å². The summed E-state index contributed by atoms with van der Waals surface area (Å²) in [4.78, 5) is 28.0. The number of amides is 3. The Labute approximate surface area is 126 Å². The minimum atomic E-state index is -0.849. The fourth-order valence-electron chi connectivity index (χ4n) is 2.80. The SMILES string of the molecule is O=C1[C@H]2CCCN2C(=O)N1C[C@@H](O)COCc1cccs1. The Kier molecular flexibility index (Phi) is 4.23. The van der Waals surface area contributed by atoms with Crippen LogP contribution >= 0.6 is 11.3 Å². The third-order valence-corrected chi connectivity index (χ3v) is 4.66. The second-order valence-electron chi connectivity index (χ2n) is 5.33. The first-order valence-electron chi connectivity index (χ1n) is 7.07. The summed E-state index contributed by atoms with van der Waals surface area (Å²) >= 11 is 1.59. The number of hydrogen-bond acceptors (Lipinski definition) is 5. The van der Waals surface area contributed by atoms with Gasteiger partial charge in [-0.1, -0.05) is 6.07 Å². The summed E-state index contributed by atoms with van der Waals surface area (Å²) in [6, 6.07) is 3.31. The van der Waals surface area contributed by atoms with Crippen LogP contribution in [0.5, 0.6) is 0 Å². The van der Waals surface area contributed by atoms with E-state index in [1.807, 2.05) is 17.5 Å². The van der Waals surface area contributed by atoms with Crippen LogP contribution in [-0.4, -0.2) is 58.7 Å². The lowest BCUT2D eigenvalue weighted by Crippen LogP contribution is -2.40. The highest BCUT2D eigenvalue weighted by atomic mass is 32.1. The second kappa shape index (κ2) is 6.13. The molecule has 3 rings (SSSR count). The number of β-amino-alcohol motifs (C(OH)–C–C–N with tert-alkyl or cyclic N) is 1. The highest BCUT2D eigenvalue weighted by Gasteiger charge is 2.47. The fraction of sp³-hybridized carbons (Fsp3) is 0.571. The van der Waals surface area contributed by atoms with Gasteiger partial charge in [-0.3, -0.25) is 9.69 Å². The zero-order chi connectivity index (χ0) is 14.8. The predicted molar refractivity (Wildman–Crippen MR) is 76.8 cm³/mol. The number of rotatable bonds is 6. The first-order valence-corrected chi connectivity index (χ1v) is 7.95. The summed E-state index contributed by atoms with van der Waals surface area (Å²) in [7, 11) is 0. The highest BCUT2D eigenvalue weighted by molar-refractivity contribution is 7.09. The van der Waals surface area contributed by atoms with E-state index in [2.05, 4.69) is 0 Å². The van der Waals surface area contributed by atoms with Crippen molar-refractivity contribution in [3.63, 3.8) is 0 Å². The van der Waals surface area contributed by atoms with E-state index in [9.17, 15) is 14.7 Å². The quantitative estimate of drug-likeness (QED) is 0.798. The number of aliphatic hydroxyl groups is 1. The number of aliphatic hydroxyl groups excluding tert-OH is 1. The van der Waals surface area contributed by atoms with Gasteiger partial charge in [0.15, 0.2) is 0 Å². The van der Waals surface area contributed by atoms with Crippen LogP contribution in [0.15, 0.2) is 17.5 Å². The van der Waals surface area contributed by atoms with E-state index in [1.165, 1.54) is 0 Å². The molecule has 3 heterocycles. The van der Waals surface area contributed by atoms with Crippen molar-refractivity contribution < 1.29 is 19.4 Å². The van der Waals surface area contributed by atoms with E-state index >= 15 is 0 Å². The van der Waals surface area contributed by atoms with E-state index in [1.54, 1.807) is 16.2 Å². The number of carbonyl (C=O) groups is 2. The van der Waals surface area contributed by atoms with Crippen molar-refractivity contribution in [3.05, 3.63) is 22.4 Å². The average Bonchev–Trinajstić information content (AvgIpc) is 3.17. The molecule has 2 fully saturated rings. The molecule has 1 aromatic heterocycles. The maximum Gasteiger partial charge on any atom is 0.327 e. The van der Waals surface area contributed by atoms with Crippen molar-refractivity contribution in [3.8, 4) is 0 Å². The fourth-order valence-corrected chi connectivity index (χ4v) is 3.44. The number of ether oxygens (including phenoxy) is 1. The minimum absolute atomic E-state index is 0.00903. The molecule has 0 radical (unpaired) electrons. The molecule has 1 aromatic rings. The molecule has 0 bridgehead atoms. The number of fused-ring (bicyclic) bond motifs is 1. The van der Waals surface area contributed by atoms with Crippen LogP contribution in [0.2, 0.25) is 0 Å². The predicted octanol–water partition coefficient (Wildman–Crippen LogP) is 1.05. The summed E-state index contributed by atoms with van der Waals surface area (Å²) in [5.41, 5.74) is 0. The van der Waals surface area contributed by atoms with Gasteiger partial charge in [0.2, 0.25) is 0 Å². The number of imide groups is 1. The lowest BCUT2D eigenvalue weighted by Gasteiger charge is -2.19. The molecule has 0 spiro atoms. The normalized spacial score (nSPS) is 23.0. The standard InChI is InChI=1S/C14H18N2O4S/c17-10(8-20-9-11-3-2-6-21-11)7-16-13(18)12-4-1-5-15(12)14(16)19/h2-3,6,10,12,17H,1,4-5,7-9H2/t10-,12-/m1/s1. The molecule has 3 amide bonds. The highest BCUT2D eigenvalue weighted by Crippen LogP contribution is 2.27. The molecule has 6 nitrogen and oxygen atoms in total. The number of urea groups is 1. The monoisotopic (exact) mass is 310 g/mol. The molecule has 2 aliphatic heterocycles. The van der Waals surface area contributed by atoms with E-state index in [0.29, 0.717) is 13.2 Å². The van der Waals surface area contributed by atoms with E-state index in [4.69, 9.17) is 4.74 Å². The Bertz CT molecular complexity index is 497. The van der Waals surface area contributed by atoms with E-state index in [-0.39, 0.29) is 31.1 Å². The summed E-state index contributed by atoms with van der Waals surface area (Å²) < 4.78 is 5.41. The maximum atomic E-state index is 12.1. The minimum Gasteiger partial charge on any atom is -0.389 e. The molecule has 0 unspecified atom stereocenters. The summed E-state index contributed by atoms with van der Waals surface area (Å²) in [5.74, 6) is -0.185. The van der Waals surface area contributed by atoms with Crippen molar-refractivity contribution in [2.24, 2.45) is 0 Å². The number of nitrogens with zero attached hydrogens (tertiary/aromatic N) is 2. The Morgan fingerprint density at radius 1 is 1.48 bits per heavy atom. The van der Waals surface area contributed by atoms with Crippen LogP contribution < -0.4 is 0 Å². The smallest absolute Gasteiger partial charge is 0.327 e. The van der Waals surface area contributed by atoms with Crippen LogP contribution in [0.1, 0.15) is 17.7 Å². The van der Waals surface area contributed by atoms with Gasteiger partial charge in [0, 0.05) is 11.4 Å². The van der Waals surface area contributed by atoms with Gasteiger partial charge < -0.3 is 14.7 Å². The second-order valence-corrected chi connectivity index (χ2v) is 6.36. The average molecular weight is 310 g/mol. The molecule has 114 valence electrons. The van der Waals surface area contributed by atoms with Crippen LogP contribution in [-0.2, 0) is 16.1 Å². The van der Waals surface area contributed by atoms with Gasteiger partial charge in [-0.15, -0.1) is 11.3 Å². The zero-order valence-corrected chi connectivity index (χ0v) is 12.4. The van der Waals surface area contributed by atoms with Crippen molar-refractivity contribution in [1.29, 1.82) is 0 Å². The number of carbonyl (C=O) groups excluding carboxylic acids is 2. The maximum absolute atomic E-state index is 12.1. The summed E-state index contributed by atoms with van der Waals surface area (Å²) in [6.45, 7) is 1.19. The first-order chi connectivity index (χ1) is 10.2. The molecule has 21 heavy (non-hydrogen) atoms. The molecule has 0 aromatic carbocycles. The third kappa shape index (κ3) is 2.95. The topological polar surface area (TPSA) is 70.1 Å². The van der Waals surface area contributed by atoms with Gasteiger partial charge in [-0.2, -0.15) is 0 Å². The molecule has 7 heteroatoms. The van der Waals surface area contributed by atoms with Crippen LogP contribution in [0.4, 0.5) is 4.79 Å². The van der Waals surface area contributed by atoms with E-state index in [0.717, 1.165) is 22.6 Å². The molecule has 0 saturated carbocycles. The van der Waals surface area contributed by atoms with Crippen molar-refractivity contribution in [2.45, 2.75) is 31.6 Å². The largest absolute Gasteiger partial charge is 0.389 e. The molecular formula is C14H18N2O4S. The molecule has 0 aliphatic carbocycles. The van der Waals surface area contributed by atoms with Crippen molar-refractivity contribution >= 4 is 23.3 Å². The van der Waals surface area contributed by atoms with Crippen LogP contribution in [0.3, 0.4) is 0 Å². The molecule has 2 atom stereocenters. The molecule has 1 N–H and O–H groups in total. The van der Waals surface area contributed by atoms with Gasteiger partial charge in [0.25, 0.3) is 5.91 Å². The van der Waals surface area contributed by atoms with Crippen molar-refractivity contribution in [1.82, 2.24) is 9.80 Å². The Morgan fingerprint density at radius 3 is 3.05 bits per heavy atom. The summed E-state index contributed by atoms with van der Waals surface area (Å²) in [6.07, 6.45) is 0.756. The lowest BCUT2D eigenvalue weighted by atomic mass is 10.2.